The van der Waals surface area contributed by atoms with Crippen LogP contribution in [0.15, 0.2) is 48.5 Å². The molecule has 1 heterocycles. The number of rotatable bonds is 3. The third-order valence-corrected chi connectivity index (χ3v) is 4.29. The van der Waals surface area contributed by atoms with Gasteiger partial charge in [-0.25, -0.2) is 4.98 Å². The Hall–Kier alpha value is -2.17. The summed E-state index contributed by atoms with van der Waals surface area (Å²) in [7, 11) is 0. The van der Waals surface area contributed by atoms with Gasteiger partial charge in [0.15, 0.2) is 5.82 Å². The van der Waals surface area contributed by atoms with Gasteiger partial charge in [0.05, 0.1) is 6.04 Å². The van der Waals surface area contributed by atoms with Gasteiger partial charge in [-0.15, -0.1) is 0 Å². The number of H-pyrrole nitrogens is 1. The van der Waals surface area contributed by atoms with Gasteiger partial charge < -0.3 is 5.73 Å². The van der Waals surface area contributed by atoms with Crippen LogP contribution < -0.4 is 5.73 Å². The van der Waals surface area contributed by atoms with E-state index in [1.165, 1.54) is 5.56 Å². The molecule has 3 rings (SSSR count). The first-order chi connectivity index (χ1) is 11.3. The molecule has 4 nitrogen and oxygen atoms in total. The minimum atomic E-state index is -0.364. The van der Waals surface area contributed by atoms with Gasteiger partial charge in [-0.05, 0) is 28.7 Å². The van der Waals surface area contributed by atoms with Gasteiger partial charge in [-0.1, -0.05) is 68.8 Å². The number of hydrogen-bond acceptors (Lipinski definition) is 3. The first kappa shape index (κ1) is 16.7. The number of nitrogens with zero attached hydrogens (tertiary/aromatic N) is 2. The second-order valence-electron chi connectivity index (χ2n) is 6.90. The molecule has 3 N–H and O–H groups in total. The third-order valence-electron chi connectivity index (χ3n) is 4.04. The molecule has 0 saturated heterocycles. The van der Waals surface area contributed by atoms with Crippen LogP contribution in [0.4, 0.5) is 0 Å². The Morgan fingerprint density at radius 3 is 2.21 bits per heavy atom. The fourth-order valence-electron chi connectivity index (χ4n) is 2.49. The molecule has 3 aromatic rings. The van der Waals surface area contributed by atoms with E-state index >= 15 is 0 Å². The van der Waals surface area contributed by atoms with Crippen molar-refractivity contribution in [1.82, 2.24) is 15.2 Å². The SMILES string of the molecule is CC(C)(C)c1ccc(-c2n[nH]c(C(N)c3ccc(Cl)cc3)n2)cc1. The van der Waals surface area contributed by atoms with Crippen LogP contribution in [0.1, 0.15) is 43.8 Å². The van der Waals surface area contributed by atoms with Crippen LogP contribution >= 0.6 is 11.6 Å². The van der Waals surface area contributed by atoms with Crippen molar-refractivity contribution in [2.24, 2.45) is 5.73 Å². The van der Waals surface area contributed by atoms with E-state index < -0.39 is 0 Å². The predicted molar refractivity (Wildman–Crippen MR) is 98.0 cm³/mol. The van der Waals surface area contributed by atoms with Gasteiger partial charge >= 0.3 is 0 Å². The first-order valence-electron chi connectivity index (χ1n) is 7.89. The van der Waals surface area contributed by atoms with Crippen LogP contribution in [0.2, 0.25) is 5.02 Å². The molecule has 0 aliphatic rings. The minimum Gasteiger partial charge on any atom is -0.318 e. The van der Waals surface area contributed by atoms with Crippen LogP contribution in [-0.2, 0) is 5.41 Å². The zero-order valence-electron chi connectivity index (χ0n) is 14.0. The van der Waals surface area contributed by atoms with E-state index in [-0.39, 0.29) is 11.5 Å². The molecule has 1 atom stereocenters. The average Bonchev–Trinajstić information content (AvgIpc) is 3.04. The maximum absolute atomic E-state index is 6.26. The highest BCUT2D eigenvalue weighted by Crippen LogP contribution is 2.25. The van der Waals surface area contributed by atoms with Gasteiger partial charge in [0.25, 0.3) is 0 Å². The smallest absolute Gasteiger partial charge is 0.181 e. The van der Waals surface area contributed by atoms with Crippen LogP contribution in [0.5, 0.6) is 0 Å². The summed E-state index contributed by atoms with van der Waals surface area (Å²) in [6.07, 6.45) is 0. The maximum Gasteiger partial charge on any atom is 0.181 e. The summed E-state index contributed by atoms with van der Waals surface area (Å²) in [5.41, 5.74) is 9.57. The number of benzene rings is 2. The van der Waals surface area contributed by atoms with Crippen molar-refractivity contribution in [1.29, 1.82) is 0 Å². The highest BCUT2D eigenvalue weighted by molar-refractivity contribution is 6.30. The summed E-state index contributed by atoms with van der Waals surface area (Å²) in [6.45, 7) is 6.58. The lowest BCUT2D eigenvalue weighted by molar-refractivity contribution is 0.590. The molecule has 2 aromatic carbocycles. The van der Waals surface area contributed by atoms with E-state index in [0.717, 1.165) is 11.1 Å². The van der Waals surface area contributed by atoms with Crippen LogP contribution in [-0.4, -0.2) is 15.2 Å². The van der Waals surface area contributed by atoms with Gasteiger partial charge in [-0.2, -0.15) is 5.10 Å². The highest BCUT2D eigenvalue weighted by atomic mass is 35.5. The Kier molecular flexibility index (Phi) is 4.43. The van der Waals surface area contributed by atoms with Gasteiger partial charge in [0.1, 0.15) is 5.82 Å². The summed E-state index contributed by atoms with van der Waals surface area (Å²) in [5.74, 6) is 1.28. The molecular weight excluding hydrogens is 320 g/mol. The van der Waals surface area contributed by atoms with Crippen molar-refractivity contribution in [3.8, 4) is 11.4 Å². The summed E-state index contributed by atoms with van der Waals surface area (Å²) in [4.78, 5) is 4.55. The number of nitrogens with one attached hydrogen (secondary N) is 1. The van der Waals surface area contributed by atoms with Crippen LogP contribution in [0, 0.1) is 0 Å². The van der Waals surface area contributed by atoms with Crippen LogP contribution in [0.25, 0.3) is 11.4 Å². The lowest BCUT2D eigenvalue weighted by atomic mass is 9.87. The van der Waals surface area contributed by atoms with Crippen molar-refractivity contribution in [3.05, 3.63) is 70.5 Å². The van der Waals surface area contributed by atoms with Crippen molar-refractivity contribution < 1.29 is 0 Å². The number of nitrogens with two attached hydrogens (primary N) is 1. The maximum atomic E-state index is 6.26. The molecule has 0 amide bonds. The van der Waals surface area contributed by atoms with Gasteiger partial charge in [-0.3, -0.25) is 5.10 Å². The van der Waals surface area contributed by atoms with Crippen molar-refractivity contribution in [3.63, 3.8) is 0 Å². The van der Waals surface area contributed by atoms with Crippen molar-refractivity contribution >= 4 is 11.6 Å². The third kappa shape index (κ3) is 3.50. The van der Waals surface area contributed by atoms with Gasteiger partial charge in [0.2, 0.25) is 0 Å². The minimum absolute atomic E-state index is 0.125. The predicted octanol–water partition coefficient (Wildman–Crippen LogP) is 4.47. The normalized spacial score (nSPS) is 13.0. The molecule has 0 saturated carbocycles. The molecule has 0 aliphatic heterocycles. The average molecular weight is 341 g/mol. The lowest BCUT2D eigenvalue weighted by Crippen LogP contribution is -2.13. The zero-order chi connectivity index (χ0) is 17.3. The topological polar surface area (TPSA) is 67.6 Å². The Morgan fingerprint density at radius 2 is 1.62 bits per heavy atom. The molecule has 0 aliphatic carbocycles. The molecule has 0 radical (unpaired) electrons. The summed E-state index contributed by atoms with van der Waals surface area (Å²) >= 11 is 5.91. The molecule has 124 valence electrons. The fourth-order valence-corrected chi connectivity index (χ4v) is 2.62. The largest absolute Gasteiger partial charge is 0.318 e. The fraction of sp³-hybridized carbons (Fsp3) is 0.263. The monoisotopic (exact) mass is 340 g/mol. The molecular formula is C19H21ClN4. The Balaban J connectivity index is 1.83. The van der Waals surface area contributed by atoms with E-state index in [4.69, 9.17) is 17.3 Å². The van der Waals surface area contributed by atoms with Gasteiger partial charge in [0, 0.05) is 10.6 Å². The lowest BCUT2D eigenvalue weighted by Gasteiger charge is -2.18. The van der Waals surface area contributed by atoms with E-state index in [1.54, 1.807) is 0 Å². The highest BCUT2D eigenvalue weighted by Gasteiger charge is 2.16. The number of halogens is 1. The molecule has 0 spiro atoms. The quantitative estimate of drug-likeness (QED) is 0.739. The number of aromatic nitrogens is 3. The first-order valence-corrected chi connectivity index (χ1v) is 8.26. The standard InChI is InChI=1S/C19H21ClN4/c1-19(2,3)14-8-4-13(5-9-14)17-22-18(24-23-17)16(21)12-6-10-15(20)11-7-12/h4-11,16H,21H2,1-3H3,(H,22,23,24). The molecule has 1 aromatic heterocycles. The molecule has 24 heavy (non-hydrogen) atoms. The van der Waals surface area contributed by atoms with Crippen LogP contribution in [0.3, 0.4) is 0 Å². The number of aromatic amines is 1. The summed E-state index contributed by atoms with van der Waals surface area (Å²) < 4.78 is 0. The summed E-state index contributed by atoms with van der Waals surface area (Å²) in [6, 6.07) is 15.4. The molecule has 0 fully saturated rings. The Bertz CT molecular complexity index is 814. The van der Waals surface area contributed by atoms with Crippen molar-refractivity contribution in [2.45, 2.75) is 32.2 Å². The van der Waals surface area contributed by atoms with E-state index in [0.29, 0.717) is 16.7 Å². The second-order valence-corrected chi connectivity index (χ2v) is 7.34. The van der Waals surface area contributed by atoms with E-state index in [9.17, 15) is 0 Å². The molecule has 1 unspecified atom stereocenters. The van der Waals surface area contributed by atoms with Crippen molar-refractivity contribution in [2.75, 3.05) is 0 Å². The molecule has 5 heteroatoms. The summed E-state index contributed by atoms with van der Waals surface area (Å²) in [5, 5.41) is 7.93. The van der Waals surface area contributed by atoms with E-state index in [1.807, 2.05) is 36.4 Å². The van der Waals surface area contributed by atoms with E-state index in [2.05, 4.69) is 48.1 Å². The Morgan fingerprint density at radius 1 is 1.00 bits per heavy atom. The number of hydrogen-bond donors (Lipinski definition) is 2. The second kappa shape index (κ2) is 6.38. The molecule has 0 bridgehead atoms. The Labute approximate surface area is 147 Å². The zero-order valence-corrected chi connectivity index (χ0v) is 14.8.